The quantitative estimate of drug-likeness (QED) is 0.416. The Morgan fingerprint density at radius 2 is 1.61 bits per heavy atom. The Bertz CT molecular complexity index is 1280. The number of nitrogens with zero attached hydrogens (tertiary/aromatic N) is 2. The summed E-state index contributed by atoms with van der Waals surface area (Å²) in [5.74, 6) is 0. The first-order valence-corrected chi connectivity index (χ1v) is 12.1. The van der Waals surface area contributed by atoms with Crippen LogP contribution in [0.5, 0.6) is 0 Å². The molecule has 0 atom stereocenters. The zero-order valence-electron chi connectivity index (χ0n) is 17.5. The van der Waals surface area contributed by atoms with Gasteiger partial charge in [-0.1, -0.05) is 42.5 Å². The minimum Gasteiger partial charge on any atom is -0.329 e. The number of fused-ring (bicyclic) bond motifs is 1. The van der Waals surface area contributed by atoms with Gasteiger partial charge in [0.2, 0.25) is 0 Å². The van der Waals surface area contributed by atoms with Crippen molar-refractivity contribution in [2.75, 3.05) is 19.3 Å². The highest BCUT2D eigenvalue weighted by atomic mass is 32.2. The second-order valence-electron chi connectivity index (χ2n) is 7.65. The lowest BCUT2D eigenvalue weighted by Gasteiger charge is -2.08. The van der Waals surface area contributed by atoms with E-state index in [4.69, 9.17) is 5.73 Å². The number of sulfone groups is 1. The van der Waals surface area contributed by atoms with Gasteiger partial charge in [0.1, 0.15) is 0 Å². The largest absolute Gasteiger partial charge is 0.329 e. The molecule has 0 aliphatic rings. The van der Waals surface area contributed by atoms with Gasteiger partial charge in [0, 0.05) is 32.4 Å². The van der Waals surface area contributed by atoms with Crippen molar-refractivity contribution in [1.29, 1.82) is 0 Å². The Morgan fingerprint density at radius 1 is 0.935 bits per heavy atom. The molecule has 0 saturated carbocycles. The molecule has 160 valence electrons. The van der Waals surface area contributed by atoms with Crippen LogP contribution in [0.4, 0.5) is 0 Å². The first-order chi connectivity index (χ1) is 14.9. The van der Waals surface area contributed by atoms with E-state index in [2.05, 4.69) is 51.3 Å². The van der Waals surface area contributed by atoms with Crippen molar-refractivity contribution in [3.05, 3.63) is 84.2 Å². The van der Waals surface area contributed by atoms with Crippen molar-refractivity contribution in [2.45, 2.75) is 18.0 Å². The van der Waals surface area contributed by atoms with Crippen LogP contribution in [-0.4, -0.2) is 37.3 Å². The van der Waals surface area contributed by atoms with Gasteiger partial charge in [-0.15, -0.1) is 0 Å². The maximum Gasteiger partial charge on any atom is 0.175 e. The molecule has 0 unspecified atom stereocenters. The molecule has 7 heteroatoms. The molecule has 3 N–H and O–H groups in total. The van der Waals surface area contributed by atoms with Crippen LogP contribution in [0, 0.1) is 0 Å². The molecule has 4 aromatic rings. The molecule has 3 aromatic carbocycles. The lowest BCUT2D eigenvalue weighted by molar-refractivity contribution is 0.602. The Hall–Kier alpha value is -3.00. The van der Waals surface area contributed by atoms with Crippen LogP contribution in [0.25, 0.3) is 22.2 Å². The van der Waals surface area contributed by atoms with Crippen molar-refractivity contribution in [3.8, 4) is 11.1 Å². The molecular formula is C24H26N4O2S. The summed E-state index contributed by atoms with van der Waals surface area (Å²) in [6.45, 7) is 2.87. The first-order valence-electron chi connectivity index (χ1n) is 10.2. The Kier molecular flexibility index (Phi) is 6.18. The summed E-state index contributed by atoms with van der Waals surface area (Å²) in [7, 11) is -3.19. The molecule has 0 aliphatic heterocycles. The fraction of sp³-hybridized carbons (Fsp3) is 0.208. The minimum atomic E-state index is -3.19. The van der Waals surface area contributed by atoms with Crippen LogP contribution in [0.3, 0.4) is 0 Å². The average Bonchev–Trinajstić information content (AvgIpc) is 3.16. The molecule has 0 aliphatic carbocycles. The number of hydrogen-bond acceptors (Lipinski definition) is 5. The lowest BCUT2D eigenvalue weighted by atomic mass is 10.0. The minimum absolute atomic E-state index is 0.329. The molecule has 0 amide bonds. The van der Waals surface area contributed by atoms with Gasteiger partial charge in [0.15, 0.2) is 9.84 Å². The molecule has 31 heavy (non-hydrogen) atoms. The second-order valence-corrected chi connectivity index (χ2v) is 9.67. The second kappa shape index (κ2) is 9.01. The van der Waals surface area contributed by atoms with Crippen LogP contribution in [-0.2, 0) is 22.9 Å². The van der Waals surface area contributed by atoms with E-state index in [0.29, 0.717) is 18.0 Å². The maximum atomic E-state index is 11.7. The van der Waals surface area contributed by atoms with Crippen molar-refractivity contribution in [3.63, 3.8) is 0 Å². The Labute approximate surface area is 182 Å². The number of imidazole rings is 1. The summed E-state index contributed by atoms with van der Waals surface area (Å²) in [5, 5.41) is 3.30. The van der Waals surface area contributed by atoms with Crippen LogP contribution in [0.15, 0.2) is 78.0 Å². The number of nitrogens with one attached hydrogen (secondary N) is 1. The van der Waals surface area contributed by atoms with Crippen molar-refractivity contribution < 1.29 is 8.42 Å². The first kappa shape index (κ1) is 21.2. The molecular weight excluding hydrogens is 408 g/mol. The third-order valence-corrected chi connectivity index (χ3v) is 6.39. The van der Waals surface area contributed by atoms with Crippen LogP contribution >= 0.6 is 0 Å². The van der Waals surface area contributed by atoms with E-state index in [-0.39, 0.29) is 0 Å². The standard InChI is InChI=1S/C24H26N4O2S/c1-31(29,30)22-9-4-19(5-10-22)16-28-17-27-23-11-8-21(14-24(23)28)20-6-2-18(3-7-20)15-26-13-12-25/h2-11,14,17,26H,12-13,15-16,25H2,1H3. The van der Waals surface area contributed by atoms with E-state index in [1.165, 1.54) is 11.8 Å². The van der Waals surface area contributed by atoms with Gasteiger partial charge in [0.05, 0.1) is 22.3 Å². The highest BCUT2D eigenvalue weighted by Crippen LogP contribution is 2.25. The smallest absolute Gasteiger partial charge is 0.175 e. The number of aromatic nitrogens is 2. The SMILES string of the molecule is CS(=O)(=O)c1ccc(Cn2cnc3ccc(-c4ccc(CNCCN)cc4)cc32)cc1. The third-order valence-electron chi connectivity index (χ3n) is 5.26. The highest BCUT2D eigenvalue weighted by molar-refractivity contribution is 7.90. The van der Waals surface area contributed by atoms with Gasteiger partial charge in [-0.25, -0.2) is 13.4 Å². The van der Waals surface area contributed by atoms with Crippen molar-refractivity contribution in [1.82, 2.24) is 14.9 Å². The Morgan fingerprint density at radius 3 is 2.29 bits per heavy atom. The molecule has 1 aromatic heterocycles. The number of nitrogens with two attached hydrogens (primary N) is 1. The normalized spacial score (nSPS) is 11.8. The summed E-state index contributed by atoms with van der Waals surface area (Å²) < 4.78 is 25.4. The summed E-state index contributed by atoms with van der Waals surface area (Å²) in [4.78, 5) is 4.84. The van der Waals surface area contributed by atoms with E-state index in [9.17, 15) is 8.42 Å². The zero-order valence-corrected chi connectivity index (χ0v) is 18.3. The number of rotatable bonds is 8. The average molecular weight is 435 g/mol. The van der Waals surface area contributed by atoms with Crippen LogP contribution in [0.2, 0.25) is 0 Å². The monoisotopic (exact) mass is 434 g/mol. The summed E-state index contributed by atoms with van der Waals surface area (Å²) in [6.07, 6.45) is 3.04. The molecule has 0 fully saturated rings. The van der Waals surface area contributed by atoms with Crippen LogP contribution in [0.1, 0.15) is 11.1 Å². The highest BCUT2D eigenvalue weighted by Gasteiger charge is 2.09. The fourth-order valence-corrected chi connectivity index (χ4v) is 4.18. The number of hydrogen-bond donors (Lipinski definition) is 2. The van der Waals surface area contributed by atoms with Gasteiger partial charge in [-0.05, 0) is 46.5 Å². The molecule has 4 rings (SSSR count). The molecule has 1 heterocycles. The van der Waals surface area contributed by atoms with E-state index in [1.54, 1.807) is 12.1 Å². The lowest BCUT2D eigenvalue weighted by Crippen LogP contribution is -2.21. The molecule has 0 bridgehead atoms. The predicted molar refractivity (Wildman–Crippen MR) is 125 cm³/mol. The summed E-state index contributed by atoms with van der Waals surface area (Å²) in [5.41, 5.74) is 12.0. The number of benzene rings is 3. The zero-order chi connectivity index (χ0) is 21.8. The molecule has 0 radical (unpaired) electrons. The summed E-state index contributed by atoms with van der Waals surface area (Å²) in [6, 6.07) is 21.8. The van der Waals surface area contributed by atoms with Crippen LogP contribution < -0.4 is 11.1 Å². The topological polar surface area (TPSA) is 90.0 Å². The van der Waals surface area contributed by atoms with Gasteiger partial charge in [-0.2, -0.15) is 0 Å². The molecule has 0 saturated heterocycles. The molecule has 6 nitrogen and oxygen atoms in total. The van der Waals surface area contributed by atoms with E-state index in [0.717, 1.165) is 40.8 Å². The third kappa shape index (κ3) is 5.02. The van der Waals surface area contributed by atoms with Crippen molar-refractivity contribution >= 4 is 20.9 Å². The maximum absolute atomic E-state index is 11.7. The van der Waals surface area contributed by atoms with Gasteiger partial charge in [0.25, 0.3) is 0 Å². The fourth-order valence-electron chi connectivity index (χ4n) is 3.55. The van der Waals surface area contributed by atoms with Gasteiger partial charge >= 0.3 is 0 Å². The van der Waals surface area contributed by atoms with E-state index >= 15 is 0 Å². The molecule has 0 spiro atoms. The summed E-state index contributed by atoms with van der Waals surface area (Å²) >= 11 is 0. The Balaban J connectivity index is 1.56. The van der Waals surface area contributed by atoms with Gasteiger partial charge in [-0.3, -0.25) is 0 Å². The van der Waals surface area contributed by atoms with Crippen molar-refractivity contribution in [2.24, 2.45) is 5.73 Å². The van der Waals surface area contributed by atoms with E-state index in [1.807, 2.05) is 24.5 Å². The predicted octanol–water partition coefficient (Wildman–Crippen LogP) is 3.20. The van der Waals surface area contributed by atoms with Gasteiger partial charge < -0.3 is 15.6 Å². The van der Waals surface area contributed by atoms with E-state index < -0.39 is 9.84 Å².